The maximum absolute atomic E-state index is 13.2. The molecule has 0 radical (unpaired) electrons. The summed E-state index contributed by atoms with van der Waals surface area (Å²) < 4.78 is 0. The molecule has 1 amide bonds. The van der Waals surface area contributed by atoms with Crippen molar-refractivity contribution in [2.45, 2.75) is 25.3 Å². The van der Waals surface area contributed by atoms with Crippen molar-refractivity contribution >= 4 is 17.5 Å². The highest BCUT2D eigenvalue weighted by molar-refractivity contribution is 5.95. The van der Waals surface area contributed by atoms with Gasteiger partial charge < -0.3 is 10.2 Å². The van der Waals surface area contributed by atoms with E-state index in [0.29, 0.717) is 11.5 Å². The van der Waals surface area contributed by atoms with Gasteiger partial charge in [-0.1, -0.05) is 12.1 Å². The summed E-state index contributed by atoms with van der Waals surface area (Å²) in [5.41, 5.74) is 2.55. The van der Waals surface area contributed by atoms with E-state index in [4.69, 9.17) is 0 Å². The summed E-state index contributed by atoms with van der Waals surface area (Å²) in [4.78, 5) is 27.8. The number of carbonyl (C=O) groups is 1. The molecule has 0 unspecified atom stereocenters. The Kier molecular flexibility index (Phi) is 5.05. The van der Waals surface area contributed by atoms with E-state index in [1.807, 2.05) is 47.5 Å². The van der Waals surface area contributed by atoms with Crippen molar-refractivity contribution < 1.29 is 4.79 Å². The highest BCUT2D eigenvalue weighted by Crippen LogP contribution is 2.32. The van der Waals surface area contributed by atoms with Gasteiger partial charge in [-0.2, -0.15) is 0 Å². The molecule has 3 aromatic rings. The zero-order valence-electron chi connectivity index (χ0n) is 15.0. The molecule has 6 heteroatoms. The monoisotopic (exact) mass is 359 g/mol. The van der Waals surface area contributed by atoms with Crippen LogP contribution in [-0.2, 0) is 0 Å². The molecule has 6 nitrogen and oxygen atoms in total. The summed E-state index contributed by atoms with van der Waals surface area (Å²) in [6.45, 7) is 0.762. The zero-order valence-corrected chi connectivity index (χ0v) is 15.0. The van der Waals surface area contributed by atoms with Crippen LogP contribution in [0.25, 0.3) is 0 Å². The van der Waals surface area contributed by atoms with Gasteiger partial charge in [0.1, 0.15) is 0 Å². The number of nitrogens with one attached hydrogen (secondary N) is 1. The second-order valence-electron chi connectivity index (χ2n) is 6.57. The smallest absolute Gasteiger partial charge is 0.254 e. The third-order valence-electron chi connectivity index (χ3n) is 4.76. The molecule has 0 saturated carbocycles. The molecule has 2 aromatic heterocycles. The molecule has 0 aliphatic carbocycles. The molecular formula is C21H21N5O. The Morgan fingerprint density at radius 3 is 2.74 bits per heavy atom. The van der Waals surface area contributed by atoms with Crippen LogP contribution in [0.15, 0.2) is 67.3 Å². The van der Waals surface area contributed by atoms with E-state index in [9.17, 15) is 4.79 Å². The van der Waals surface area contributed by atoms with Crippen LogP contribution in [0, 0.1) is 0 Å². The Morgan fingerprint density at radius 2 is 1.93 bits per heavy atom. The molecule has 1 N–H and O–H groups in total. The van der Waals surface area contributed by atoms with Gasteiger partial charge >= 0.3 is 0 Å². The number of anilines is 2. The van der Waals surface area contributed by atoms with Gasteiger partial charge in [-0.15, -0.1) is 0 Å². The molecule has 1 aliphatic rings. The van der Waals surface area contributed by atoms with Crippen LogP contribution in [0.1, 0.15) is 41.2 Å². The lowest BCUT2D eigenvalue weighted by Gasteiger charge is -2.36. The summed E-state index contributed by atoms with van der Waals surface area (Å²) in [5, 5.41) is 3.14. The molecule has 4 rings (SSSR count). The standard InChI is InChI=1S/C21H21N5O/c27-20(26-13-2-1-9-19(26)17-7-4-10-22-15-17)16-6-3-8-18(14-16)25-21-23-11-5-12-24-21/h3-8,10-12,14-15,19H,1-2,9,13H2,(H,23,24,25)/t19-/m0/s1. The molecule has 1 fully saturated rings. The lowest BCUT2D eigenvalue weighted by atomic mass is 9.95. The average molecular weight is 359 g/mol. The van der Waals surface area contributed by atoms with Crippen LogP contribution in [0.2, 0.25) is 0 Å². The molecular weight excluding hydrogens is 338 g/mol. The maximum atomic E-state index is 13.2. The fourth-order valence-electron chi connectivity index (χ4n) is 3.48. The van der Waals surface area contributed by atoms with Gasteiger partial charge in [0.25, 0.3) is 5.91 Å². The number of rotatable bonds is 4. The molecule has 0 spiro atoms. The number of carbonyl (C=O) groups excluding carboxylic acids is 1. The van der Waals surface area contributed by atoms with Crippen LogP contribution in [0.3, 0.4) is 0 Å². The van der Waals surface area contributed by atoms with E-state index in [0.717, 1.165) is 37.1 Å². The fraction of sp³-hybridized carbons (Fsp3) is 0.238. The van der Waals surface area contributed by atoms with Crippen molar-refractivity contribution in [3.63, 3.8) is 0 Å². The number of nitrogens with zero attached hydrogens (tertiary/aromatic N) is 4. The van der Waals surface area contributed by atoms with Crippen LogP contribution in [0.4, 0.5) is 11.6 Å². The lowest BCUT2D eigenvalue weighted by molar-refractivity contribution is 0.0611. The van der Waals surface area contributed by atoms with E-state index >= 15 is 0 Å². The van der Waals surface area contributed by atoms with Crippen LogP contribution < -0.4 is 5.32 Å². The normalized spacial score (nSPS) is 16.7. The Bertz CT molecular complexity index is 901. The van der Waals surface area contributed by atoms with Crippen molar-refractivity contribution in [2.24, 2.45) is 0 Å². The Balaban J connectivity index is 1.57. The molecule has 27 heavy (non-hydrogen) atoms. The first kappa shape index (κ1) is 17.1. The third-order valence-corrected chi connectivity index (χ3v) is 4.76. The second-order valence-corrected chi connectivity index (χ2v) is 6.57. The van der Waals surface area contributed by atoms with Crippen LogP contribution >= 0.6 is 0 Å². The van der Waals surface area contributed by atoms with Crippen molar-refractivity contribution in [3.05, 3.63) is 78.4 Å². The molecule has 1 atom stereocenters. The highest BCUT2D eigenvalue weighted by Gasteiger charge is 2.28. The lowest BCUT2D eigenvalue weighted by Crippen LogP contribution is -2.38. The van der Waals surface area contributed by atoms with E-state index in [1.54, 1.807) is 24.7 Å². The fourth-order valence-corrected chi connectivity index (χ4v) is 3.48. The van der Waals surface area contributed by atoms with Crippen molar-refractivity contribution in [2.75, 3.05) is 11.9 Å². The highest BCUT2D eigenvalue weighted by atomic mass is 16.2. The number of pyridine rings is 1. The minimum Gasteiger partial charge on any atom is -0.332 e. The van der Waals surface area contributed by atoms with Crippen molar-refractivity contribution in [3.8, 4) is 0 Å². The van der Waals surface area contributed by atoms with Gasteiger partial charge in [0.15, 0.2) is 0 Å². The SMILES string of the molecule is O=C(c1cccc(Nc2ncccn2)c1)N1CCCC[C@H]1c1cccnc1. The summed E-state index contributed by atoms with van der Waals surface area (Å²) in [7, 11) is 0. The summed E-state index contributed by atoms with van der Waals surface area (Å²) in [5.74, 6) is 0.550. The number of aromatic nitrogens is 3. The van der Waals surface area contributed by atoms with E-state index in [2.05, 4.69) is 20.3 Å². The number of piperidine rings is 1. The topological polar surface area (TPSA) is 71.0 Å². The van der Waals surface area contributed by atoms with Crippen LogP contribution in [0.5, 0.6) is 0 Å². The molecule has 1 aliphatic heterocycles. The number of hydrogen-bond acceptors (Lipinski definition) is 5. The van der Waals surface area contributed by atoms with Gasteiger partial charge in [-0.3, -0.25) is 9.78 Å². The van der Waals surface area contributed by atoms with Gasteiger partial charge in [0, 0.05) is 42.6 Å². The number of amides is 1. The minimum absolute atomic E-state index is 0.0428. The Labute approximate surface area is 158 Å². The summed E-state index contributed by atoms with van der Waals surface area (Å²) >= 11 is 0. The Hall–Kier alpha value is -3.28. The summed E-state index contributed by atoms with van der Waals surface area (Å²) in [6, 6.07) is 13.3. The third kappa shape index (κ3) is 3.95. The quantitative estimate of drug-likeness (QED) is 0.763. The molecule has 0 bridgehead atoms. The predicted molar refractivity (Wildman–Crippen MR) is 104 cm³/mol. The maximum Gasteiger partial charge on any atom is 0.254 e. The predicted octanol–water partition coefficient (Wildman–Crippen LogP) is 3.98. The molecule has 136 valence electrons. The van der Waals surface area contributed by atoms with Gasteiger partial charge in [-0.05, 0) is 55.2 Å². The average Bonchev–Trinajstić information content (AvgIpc) is 2.75. The molecule has 1 aromatic carbocycles. The van der Waals surface area contributed by atoms with E-state index < -0.39 is 0 Å². The van der Waals surface area contributed by atoms with Crippen LogP contribution in [-0.4, -0.2) is 32.3 Å². The molecule has 3 heterocycles. The first-order valence-electron chi connectivity index (χ1n) is 9.16. The number of benzene rings is 1. The Morgan fingerprint density at radius 1 is 1.04 bits per heavy atom. The zero-order chi connectivity index (χ0) is 18.5. The van der Waals surface area contributed by atoms with E-state index in [1.165, 1.54) is 0 Å². The van der Waals surface area contributed by atoms with E-state index in [-0.39, 0.29) is 11.9 Å². The van der Waals surface area contributed by atoms with Gasteiger partial charge in [0.2, 0.25) is 5.95 Å². The molecule has 1 saturated heterocycles. The van der Waals surface area contributed by atoms with Crippen molar-refractivity contribution in [1.29, 1.82) is 0 Å². The minimum atomic E-state index is 0.0428. The summed E-state index contributed by atoms with van der Waals surface area (Å²) in [6.07, 6.45) is 10.1. The van der Waals surface area contributed by atoms with Gasteiger partial charge in [-0.25, -0.2) is 9.97 Å². The van der Waals surface area contributed by atoms with Gasteiger partial charge in [0.05, 0.1) is 6.04 Å². The van der Waals surface area contributed by atoms with Crippen molar-refractivity contribution in [1.82, 2.24) is 19.9 Å². The first-order chi connectivity index (χ1) is 13.3. The number of hydrogen-bond donors (Lipinski definition) is 1. The second kappa shape index (κ2) is 7.95. The number of likely N-dealkylation sites (tertiary alicyclic amines) is 1. The largest absolute Gasteiger partial charge is 0.332 e. The first-order valence-corrected chi connectivity index (χ1v) is 9.16.